The smallest absolute Gasteiger partial charge is 0.449 e. The van der Waals surface area contributed by atoms with Gasteiger partial charge in [0.25, 0.3) is 11.8 Å². The fraction of sp³-hybridized carbons (Fsp3) is 0.167. The van der Waals surface area contributed by atoms with Gasteiger partial charge in [-0.05, 0) is 38.1 Å². The van der Waals surface area contributed by atoms with Crippen molar-refractivity contribution in [3.8, 4) is 22.6 Å². The van der Waals surface area contributed by atoms with Crippen molar-refractivity contribution in [2.45, 2.75) is 13.8 Å². The molecular formula is C24H20NO11P. The monoisotopic (exact) mass is 529 g/mol. The highest BCUT2D eigenvalue weighted by Crippen LogP contribution is 2.56. The van der Waals surface area contributed by atoms with E-state index < -0.39 is 48.9 Å². The Bertz CT molecular complexity index is 1410. The van der Waals surface area contributed by atoms with Crippen LogP contribution in [0.25, 0.3) is 11.1 Å². The molecule has 192 valence electrons. The first-order chi connectivity index (χ1) is 17.6. The zero-order valence-electron chi connectivity index (χ0n) is 19.5. The molecule has 2 amide bonds. The minimum atomic E-state index is -3.92. The number of benzene rings is 1. The maximum atomic E-state index is 13.5. The summed E-state index contributed by atoms with van der Waals surface area (Å²) in [5.41, 5.74) is -0.667. The van der Waals surface area contributed by atoms with Crippen molar-refractivity contribution < 1.29 is 52.5 Å². The van der Waals surface area contributed by atoms with Gasteiger partial charge in [0.15, 0.2) is 11.5 Å². The first kappa shape index (κ1) is 25.8. The maximum absolute atomic E-state index is 13.5. The van der Waals surface area contributed by atoms with Crippen LogP contribution in [0, 0.1) is 0 Å². The quantitative estimate of drug-likeness (QED) is 0.238. The number of anilines is 1. The molecule has 1 heterocycles. The number of carboxylic acid groups (broad SMARTS) is 2. The Hall–Kier alpha value is -4.25. The Labute approximate surface area is 209 Å². The van der Waals surface area contributed by atoms with E-state index in [1.165, 1.54) is 48.5 Å². The van der Waals surface area contributed by atoms with Crippen LogP contribution in [0.15, 0.2) is 48.5 Å². The van der Waals surface area contributed by atoms with Gasteiger partial charge in [0.2, 0.25) is 0 Å². The summed E-state index contributed by atoms with van der Waals surface area (Å²) in [5.74, 6) is -2.80. The summed E-state index contributed by atoms with van der Waals surface area (Å²) in [6.07, 6.45) is -3.62. The van der Waals surface area contributed by atoms with Gasteiger partial charge in [0, 0.05) is 11.1 Å². The van der Waals surface area contributed by atoms with Crippen LogP contribution in [0.2, 0.25) is 0 Å². The molecule has 0 aromatic heterocycles. The number of imide groups is 1. The van der Waals surface area contributed by atoms with Gasteiger partial charge in [-0.15, -0.1) is 0 Å². The lowest BCUT2D eigenvalue weighted by atomic mass is 10.1. The minimum Gasteiger partial charge on any atom is -0.449 e. The third-order valence-electron chi connectivity index (χ3n) is 5.34. The molecule has 2 aliphatic carbocycles. The van der Waals surface area contributed by atoms with Crippen molar-refractivity contribution in [1.82, 2.24) is 0 Å². The molecule has 0 saturated heterocycles. The molecule has 1 aromatic carbocycles. The molecule has 0 spiro atoms. The van der Waals surface area contributed by atoms with Crippen molar-refractivity contribution in [1.29, 1.82) is 0 Å². The van der Waals surface area contributed by atoms with Crippen LogP contribution in [0.5, 0.6) is 11.5 Å². The molecule has 4 rings (SSSR count). The molecule has 12 nitrogen and oxygen atoms in total. The normalized spacial score (nSPS) is 13.1. The lowest BCUT2D eigenvalue weighted by Crippen LogP contribution is -2.30. The largest absolute Gasteiger partial charge is 0.511 e. The number of ether oxygens (including phenoxy) is 2. The van der Waals surface area contributed by atoms with Gasteiger partial charge in [0.05, 0.1) is 29.6 Å². The first-order valence-corrected chi connectivity index (χ1v) is 12.5. The van der Waals surface area contributed by atoms with Crippen molar-refractivity contribution in [2.24, 2.45) is 0 Å². The predicted octanol–water partition coefficient (Wildman–Crippen LogP) is 4.60. The molecule has 0 fully saturated rings. The lowest BCUT2D eigenvalue weighted by Gasteiger charge is -2.17. The fourth-order valence-corrected chi connectivity index (χ4v) is 5.63. The van der Waals surface area contributed by atoms with Crippen LogP contribution in [-0.2, 0) is 13.6 Å². The first-order valence-electron chi connectivity index (χ1n) is 10.9. The minimum absolute atomic E-state index is 0.0118. The maximum Gasteiger partial charge on any atom is 0.511 e. The average Bonchev–Trinajstić information content (AvgIpc) is 3.11. The van der Waals surface area contributed by atoms with Crippen molar-refractivity contribution in [3.05, 3.63) is 59.7 Å². The number of nitrogens with zero attached hydrogens (tertiary/aromatic N) is 1. The number of hydrogen-bond acceptors (Lipinski definition) is 9. The molecule has 37 heavy (non-hydrogen) atoms. The fourth-order valence-electron chi connectivity index (χ4n) is 4.02. The van der Waals surface area contributed by atoms with Crippen LogP contribution in [0.4, 0.5) is 15.3 Å². The van der Waals surface area contributed by atoms with Gasteiger partial charge < -0.3 is 28.7 Å². The number of amides is 2. The van der Waals surface area contributed by atoms with E-state index in [0.29, 0.717) is 4.90 Å². The Morgan fingerprint density at radius 3 is 1.76 bits per heavy atom. The second-order valence-corrected chi connectivity index (χ2v) is 9.52. The Morgan fingerprint density at radius 2 is 1.27 bits per heavy atom. The van der Waals surface area contributed by atoms with E-state index in [1.54, 1.807) is 13.8 Å². The third-order valence-corrected chi connectivity index (χ3v) is 7.45. The van der Waals surface area contributed by atoms with E-state index in [-0.39, 0.29) is 40.8 Å². The average molecular weight is 529 g/mol. The predicted molar refractivity (Wildman–Crippen MR) is 128 cm³/mol. The zero-order chi connectivity index (χ0) is 26.9. The van der Waals surface area contributed by atoms with Crippen LogP contribution >= 0.6 is 7.60 Å². The van der Waals surface area contributed by atoms with Crippen LogP contribution < -0.4 is 19.7 Å². The standard InChI is InChI=1S/C24H20NO11P/c1-3-33-37(32,34-4-2)13-8-7-11-14-17(12-13)20(36-24(30)31)18(19(14)35-23(28)29)25-21(26)15-9-5-6-10-16(15)22(25)27/h5-12H,3-4H2,1-2H3,(H,28,29)(H,30,31). The van der Waals surface area contributed by atoms with E-state index >= 15 is 0 Å². The molecule has 1 aromatic rings. The van der Waals surface area contributed by atoms with Gasteiger partial charge in [-0.1, -0.05) is 24.3 Å². The van der Waals surface area contributed by atoms with Gasteiger partial charge in [-0.25, -0.2) is 14.5 Å². The zero-order valence-corrected chi connectivity index (χ0v) is 20.4. The molecule has 0 bridgehead atoms. The molecule has 2 N–H and O–H groups in total. The summed E-state index contributed by atoms with van der Waals surface area (Å²) in [4.78, 5) is 50.4. The van der Waals surface area contributed by atoms with Gasteiger partial charge in [-0.3, -0.25) is 14.2 Å². The van der Waals surface area contributed by atoms with E-state index in [1.807, 2.05) is 0 Å². The summed E-state index contributed by atoms with van der Waals surface area (Å²) in [7, 11) is -3.92. The molecule has 0 atom stereocenters. The van der Waals surface area contributed by atoms with Crippen LogP contribution in [0.1, 0.15) is 34.6 Å². The molecule has 13 heteroatoms. The van der Waals surface area contributed by atoms with E-state index in [0.717, 1.165) is 0 Å². The summed E-state index contributed by atoms with van der Waals surface area (Å²) in [5, 5.41) is 18.9. The number of carbonyl (C=O) groups excluding carboxylic acids is 2. The van der Waals surface area contributed by atoms with E-state index in [9.17, 15) is 34.0 Å². The molecule has 0 unspecified atom stereocenters. The number of hydrogen-bond donors (Lipinski definition) is 2. The number of fused-ring (bicyclic) bond motifs is 2. The number of carbonyl (C=O) groups is 4. The highest BCUT2D eigenvalue weighted by Gasteiger charge is 2.44. The van der Waals surface area contributed by atoms with Gasteiger partial charge in [0.1, 0.15) is 5.69 Å². The number of rotatable bonds is 8. The molecular weight excluding hydrogens is 509 g/mol. The Kier molecular flexibility index (Phi) is 6.99. The second-order valence-electron chi connectivity index (χ2n) is 7.49. The van der Waals surface area contributed by atoms with E-state index in [2.05, 4.69) is 0 Å². The summed E-state index contributed by atoms with van der Waals surface area (Å²) >= 11 is 0. The summed E-state index contributed by atoms with van der Waals surface area (Å²) in [6.45, 7) is 3.24. The van der Waals surface area contributed by atoms with Crippen LogP contribution in [-0.4, -0.2) is 47.6 Å². The lowest BCUT2D eigenvalue weighted by molar-refractivity contribution is 0.0919. The molecule has 0 saturated carbocycles. The van der Waals surface area contributed by atoms with Crippen molar-refractivity contribution in [2.75, 3.05) is 18.1 Å². The van der Waals surface area contributed by atoms with Crippen LogP contribution in [0.3, 0.4) is 0 Å². The van der Waals surface area contributed by atoms with Gasteiger partial charge >= 0.3 is 19.9 Å². The summed E-state index contributed by atoms with van der Waals surface area (Å²) in [6, 6.07) is 11.2. The SMILES string of the molecule is CCOP(=O)(OCC)c1cccc2c(OC(=O)O)c(N3C(=O)c4ccccc4C3=O)c(OC(=O)O)c-2c1. The second kappa shape index (κ2) is 10.0. The molecule has 3 aliphatic rings. The van der Waals surface area contributed by atoms with Crippen molar-refractivity contribution >= 4 is 42.7 Å². The third kappa shape index (κ3) is 4.53. The highest BCUT2D eigenvalue weighted by atomic mass is 31.2. The summed E-state index contributed by atoms with van der Waals surface area (Å²) < 4.78 is 34.2. The molecule has 0 radical (unpaired) electrons. The topological polar surface area (TPSA) is 166 Å². The van der Waals surface area contributed by atoms with Crippen molar-refractivity contribution in [3.63, 3.8) is 0 Å². The molecule has 1 aliphatic heterocycles. The Morgan fingerprint density at radius 1 is 0.784 bits per heavy atom. The van der Waals surface area contributed by atoms with Gasteiger partial charge in [-0.2, -0.15) is 0 Å². The Balaban J connectivity index is 2.06. The highest BCUT2D eigenvalue weighted by molar-refractivity contribution is 7.62. The van der Waals surface area contributed by atoms with E-state index in [4.69, 9.17) is 18.5 Å².